The summed E-state index contributed by atoms with van der Waals surface area (Å²) in [6, 6.07) is 8.48. The number of carbonyl (C=O) groups is 3. The average molecular weight is 442 g/mol. The molecular weight excluding hydrogens is 421 g/mol. The number of hydrogen-bond donors (Lipinski definition) is 2. The lowest BCUT2D eigenvalue weighted by Crippen LogP contribution is -2.38. The van der Waals surface area contributed by atoms with Crippen molar-refractivity contribution in [2.24, 2.45) is 0 Å². The van der Waals surface area contributed by atoms with Crippen molar-refractivity contribution < 1.29 is 14.4 Å². The van der Waals surface area contributed by atoms with Crippen LogP contribution >= 0.6 is 34.5 Å². The highest BCUT2D eigenvalue weighted by atomic mass is 35.5. The molecule has 2 N–H and O–H groups in total. The van der Waals surface area contributed by atoms with E-state index in [2.05, 4.69) is 10.6 Å². The van der Waals surface area contributed by atoms with Crippen LogP contribution in [0.5, 0.6) is 0 Å². The Bertz CT molecular complexity index is 808. The first-order chi connectivity index (χ1) is 13.4. The Morgan fingerprint density at radius 2 is 1.82 bits per heavy atom. The number of amides is 3. The van der Waals surface area contributed by atoms with Crippen LogP contribution in [-0.2, 0) is 9.59 Å². The van der Waals surface area contributed by atoms with Crippen molar-refractivity contribution in [2.45, 2.75) is 19.8 Å². The van der Waals surface area contributed by atoms with E-state index in [0.29, 0.717) is 40.1 Å². The zero-order valence-corrected chi connectivity index (χ0v) is 17.7. The summed E-state index contributed by atoms with van der Waals surface area (Å²) in [5.74, 6) is -0.685. The van der Waals surface area contributed by atoms with Crippen molar-refractivity contribution in [3.63, 3.8) is 0 Å². The monoisotopic (exact) mass is 441 g/mol. The first-order valence-electron chi connectivity index (χ1n) is 8.75. The van der Waals surface area contributed by atoms with Gasteiger partial charge in [0, 0.05) is 19.5 Å². The minimum atomic E-state index is -0.379. The SMILES string of the molecule is CCN(CC(=O)Nc1c(Cl)cccc1Cl)C(=O)CCCNC(=O)c1cccs1. The molecule has 0 aliphatic heterocycles. The van der Waals surface area contributed by atoms with Gasteiger partial charge in [0.1, 0.15) is 0 Å². The van der Waals surface area contributed by atoms with Crippen molar-refractivity contribution in [1.82, 2.24) is 10.2 Å². The Morgan fingerprint density at radius 1 is 1.11 bits per heavy atom. The predicted octanol–water partition coefficient (Wildman–Crippen LogP) is 4.05. The number of nitrogens with zero attached hydrogens (tertiary/aromatic N) is 1. The molecule has 0 aliphatic carbocycles. The summed E-state index contributed by atoms with van der Waals surface area (Å²) in [5.41, 5.74) is 0.329. The summed E-state index contributed by atoms with van der Waals surface area (Å²) in [6.45, 7) is 2.48. The van der Waals surface area contributed by atoms with Crippen molar-refractivity contribution in [3.8, 4) is 0 Å². The normalized spacial score (nSPS) is 10.4. The Labute approximate surface area is 177 Å². The van der Waals surface area contributed by atoms with Crippen LogP contribution in [0.2, 0.25) is 10.0 Å². The van der Waals surface area contributed by atoms with Crippen molar-refractivity contribution in [2.75, 3.05) is 25.0 Å². The van der Waals surface area contributed by atoms with Crippen LogP contribution < -0.4 is 10.6 Å². The van der Waals surface area contributed by atoms with Crippen molar-refractivity contribution in [3.05, 3.63) is 50.6 Å². The standard InChI is InChI=1S/C19H21Cl2N3O3S/c1-2-24(12-16(25)23-18-13(20)6-3-7-14(18)21)17(26)9-4-10-22-19(27)15-8-5-11-28-15/h3,5-8,11H,2,4,9-10,12H2,1H3,(H,22,27)(H,23,25). The van der Waals surface area contributed by atoms with E-state index in [-0.39, 0.29) is 30.7 Å². The molecule has 28 heavy (non-hydrogen) atoms. The van der Waals surface area contributed by atoms with E-state index in [4.69, 9.17) is 23.2 Å². The van der Waals surface area contributed by atoms with Gasteiger partial charge in [-0.2, -0.15) is 0 Å². The van der Waals surface area contributed by atoms with Crippen LogP contribution in [0.3, 0.4) is 0 Å². The molecule has 2 rings (SSSR count). The molecule has 0 bridgehead atoms. The van der Waals surface area contributed by atoms with Crippen molar-refractivity contribution >= 4 is 57.9 Å². The minimum absolute atomic E-state index is 0.0988. The lowest BCUT2D eigenvalue weighted by atomic mass is 10.2. The van der Waals surface area contributed by atoms with Gasteiger partial charge in [-0.1, -0.05) is 35.3 Å². The summed E-state index contributed by atoms with van der Waals surface area (Å²) in [4.78, 5) is 38.5. The van der Waals surface area contributed by atoms with Gasteiger partial charge < -0.3 is 15.5 Å². The third-order valence-corrected chi connectivity index (χ3v) is 5.39. The Kier molecular flexibility index (Phi) is 8.76. The van der Waals surface area contributed by atoms with Crippen LogP contribution in [0.25, 0.3) is 0 Å². The fraction of sp³-hybridized carbons (Fsp3) is 0.316. The highest BCUT2D eigenvalue weighted by Gasteiger charge is 2.17. The van der Waals surface area contributed by atoms with E-state index in [9.17, 15) is 14.4 Å². The summed E-state index contributed by atoms with van der Waals surface area (Å²) >= 11 is 13.4. The second-order valence-electron chi connectivity index (χ2n) is 5.89. The number of benzene rings is 1. The Hall–Kier alpha value is -2.09. The minimum Gasteiger partial charge on any atom is -0.351 e. The molecule has 0 fully saturated rings. The third kappa shape index (κ3) is 6.51. The number of nitrogens with one attached hydrogen (secondary N) is 2. The largest absolute Gasteiger partial charge is 0.351 e. The lowest BCUT2D eigenvalue weighted by Gasteiger charge is -2.21. The molecule has 6 nitrogen and oxygen atoms in total. The summed E-state index contributed by atoms with van der Waals surface area (Å²) in [6.07, 6.45) is 0.725. The lowest BCUT2D eigenvalue weighted by molar-refractivity contribution is -0.134. The third-order valence-electron chi connectivity index (χ3n) is 3.89. The first kappa shape index (κ1) is 22.2. The van der Waals surface area contributed by atoms with Gasteiger partial charge in [-0.3, -0.25) is 14.4 Å². The van der Waals surface area contributed by atoms with E-state index < -0.39 is 0 Å². The average Bonchev–Trinajstić information content (AvgIpc) is 3.21. The molecule has 0 saturated heterocycles. The molecule has 3 amide bonds. The van der Waals surface area contributed by atoms with E-state index in [1.165, 1.54) is 16.2 Å². The number of hydrogen-bond acceptors (Lipinski definition) is 4. The van der Waals surface area contributed by atoms with Gasteiger partial charge in [0.05, 0.1) is 27.2 Å². The van der Waals surface area contributed by atoms with Crippen LogP contribution in [-0.4, -0.2) is 42.3 Å². The number of carbonyl (C=O) groups excluding carboxylic acids is 3. The molecule has 1 aromatic carbocycles. The van der Waals surface area contributed by atoms with E-state index in [1.54, 1.807) is 31.2 Å². The second-order valence-corrected chi connectivity index (χ2v) is 7.65. The number of halogens is 2. The van der Waals surface area contributed by atoms with Crippen LogP contribution in [0, 0.1) is 0 Å². The molecule has 2 aromatic rings. The summed E-state index contributed by atoms with van der Waals surface area (Å²) in [7, 11) is 0. The maximum absolute atomic E-state index is 12.4. The van der Waals surface area contributed by atoms with E-state index in [1.807, 2.05) is 11.4 Å². The molecule has 0 radical (unpaired) electrons. The maximum Gasteiger partial charge on any atom is 0.261 e. The van der Waals surface area contributed by atoms with Gasteiger partial charge in [-0.25, -0.2) is 0 Å². The smallest absolute Gasteiger partial charge is 0.261 e. The first-order valence-corrected chi connectivity index (χ1v) is 10.4. The van der Waals surface area contributed by atoms with Crippen LogP contribution in [0.1, 0.15) is 29.4 Å². The van der Waals surface area contributed by atoms with Gasteiger partial charge in [0.2, 0.25) is 11.8 Å². The molecule has 9 heteroatoms. The molecule has 1 heterocycles. The maximum atomic E-state index is 12.4. The fourth-order valence-electron chi connectivity index (χ4n) is 2.44. The van der Waals surface area contributed by atoms with Crippen molar-refractivity contribution in [1.29, 1.82) is 0 Å². The quantitative estimate of drug-likeness (QED) is 0.575. The van der Waals surface area contributed by atoms with E-state index in [0.717, 1.165) is 0 Å². The van der Waals surface area contributed by atoms with Crippen LogP contribution in [0.4, 0.5) is 5.69 Å². The summed E-state index contributed by atoms with van der Waals surface area (Å²) < 4.78 is 0. The van der Waals surface area contributed by atoms with Crippen LogP contribution in [0.15, 0.2) is 35.7 Å². The highest BCUT2D eigenvalue weighted by Crippen LogP contribution is 2.29. The predicted molar refractivity (Wildman–Crippen MR) is 113 cm³/mol. The Morgan fingerprint density at radius 3 is 2.43 bits per heavy atom. The molecule has 0 atom stereocenters. The molecule has 0 saturated carbocycles. The zero-order valence-electron chi connectivity index (χ0n) is 15.3. The molecule has 0 aliphatic rings. The number of thiophene rings is 1. The zero-order chi connectivity index (χ0) is 20.5. The Balaban J connectivity index is 1.77. The van der Waals surface area contributed by atoms with Gasteiger partial charge >= 0.3 is 0 Å². The number of anilines is 1. The molecular formula is C19H21Cl2N3O3S. The molecule has 1 aromatic heterocycles. The second kappa shape index (κ2) is 11.0. The molecule has 150 valence electrons. The van der Waals surface area contributed by atoms with Gasteiger partial charge in [0.25, 0.3) is 5.91 Å². The number of para-hydroxylation sites is 1. The highest BCUT2D eigenvalue weighted by molar-refractivity contribution is 7.12. The van der Waals surface area contributed by atoms with Gasteiger partial charge in [-0.05, 0) is 36.9 Å². The summed E-state index contributed by atoms with van der Waals surface area (Å²) in [5, 5.41) is 7.91. The number of likely N-dealkylation sites (N-methyl/N-ethyl adjacent to an activating group) is 1. The van der Waals surface area contributed by atoms with Gasteiger partial charge in [0.15, 0.2) is 0 Å². The molecule has 0 unspecified atom stereocenters. The number of rotatable bonds is 9. The topological polar surface area (TPSA) is 78.5 Å². The fourth-order valence-corrected chi connectivity index (χ4v) is 3.57. The molecule has 0 spiro atoms. The van der Waals surface area contributed by atoms with Gasteiger partial charge in [-0.15, -0.1) is 11.3 Å². The van der Waals surface area contributed by atoms with E-state index >= 15 is 0 Å².